The summed E-state index contributed by atoms with van der Waals surface area (Å²) < 4.78 is 0. The van der Waals surface area contributed by atoms with Gasteiger partial charge in [0.2, 0.25) is 0 Å². The minimum atomic E-state index is 0.278. The normalized spacial score (nSPS) is 10.2. The molecule has 0 saturated carbocycles. The van der Waals surface area contributed by atoms with E-state index in [4.69, 9.17) is 17.5 Å². The van der Waals surface area contributed by atoms with E-state index in [1.54, 1.807) is 18.3 Å². The first kappa shape index (κ1) is 13.1. The van der Waals surface area contributed by atoms with Gasteiger partial charge < -0.3 is 5.32 Å². The van der Waals surface area contributed by atoms with Crippen LogP contribution < -0.4 is 10.7 Å². The van der Waals surface area contributed by atoms with Crippen LogP contribution in [0.15, 0.2) is 29.4 Å². The fourth-order valence-electron chi connectivity index (χ4n) is 1.10. The third-order valence-corrected chi connectivity index (χ3v) is 2.05. The van der Waals surface area contributed by atoms with E-state index < -0.39 is 0 Å². The average molecular weight is 246 g/mol. The lowest BCUT2D eigenvalue weighted by atomic mass is 10.2. The molecule has 1 aromatic rings. The Hall–Kier alpha value is -1.93. The smallest absolute Gasteiger partial charge is 0.187 e. The van der Waals surface area contributed by atoms with Gasteiger partial charge in [0.15, 0.2) is 5.11 Å². The molecule has 0 spiro atoms. The zero-order valence-corrected chi connectivity index (χ0v) is 10.6. The Morgan fingerprint density at radius 1 is 1.41 bits per heavy atom. The van der Waals surface area contributed by atoms with Gasteiger partial charge in [-0.05, 0) is 43.8 Å². The molecular formula is C12H14N4S. The molecule has 0 aliphatic rings. The van der Waals surface area contributed by atoms with Crippen LogP contribution in [0.4, 0.5) is 0 Å². The van der Waals surface area contributed by atoms with E-state index in [1.807, 2.05) is 26.0 Å². The second-order valence-corrected chi connectivity index (χ2v) is 4.14. The molecule has 88 valence electrons. The first-order valence-corrected chi connectivity index (χ1v) is 5.62. The van der Waals surface area contributed by atoms with Gasteiger partial charge in [-0.15, -0.1) is 0 Å². The van der Waals surface area contributed by atoms with Crippen molar-refractivity contribution in [1.82, 2.24) is 10.7 Å². The van der Waals surface area contributed by atoms with E-state index >= 15 is 0 Å². The summed E-state index contributed by atoms with van der Waals surface area (Å²) in [4.78, 5) is 0. The summed E-state index contributed by atoms with van der Waals surface area (Å²) in [5.41, 5.74) is 4.25. The third kappa shape index (κ3) is 5.09. The molecule has 0 amide bonds. The molecule has 0 fully saturated rings. The number of nitriles is 1. The van der Waals surface area contributed by atoms with Gasteiger partial charge >= 0.3 is 0 Å². The van der Waals surface area contributed by atoms with Crippen LogP contribution in [0.1, 0.15) is 25.0 Å². The minimum Gasteiger partial charge on any atom is -0.359 e. The predicted molar refractivity (Wildman–Crippen MR) is 72.8 cm³/mol. The van der Waals surface area contributed by atoms with Gasteiger partial charge in [0.25, 0.3) is 0 Å². The lowest BCUT2D eigenvalue weighted by Crippen LogP contribution is -2.36. The number of nitrogens with zero attached hydrogens (tertiary/aromatic N) is 2. The van der Waals surface area contributed by atoms with Crippen LogP contribution in [0.25, 0.3) is 0 Å². The lowest BCUT2D eigenvalue weighted by molar-refractivity contribution is 0.720. The molecule has 0 heterocycles. The van der Waals surface area contributed by atoms with Gasteiger partial charge in [-0.25, -0.2) is 0 Å². The molecule has 4 nitrogen and oxygen atoms in total. The van der Waals surface area contributed by atoms with E-state index in [2.05, 4.69) is 21.9 Å². The monoisotopic (exact) mass is 246 g/mol. The van der Waals surface area contributed by atoms with Crippen LogP contribution in [0, 0.1) is 11.3 Å². The number of thiocarbonyl (C=S) groups is 1. The molecule has 5 heteroatoms. The number of benzene rings is 1. The predicted octanol–water partition coefficient (Wildman–Crippen LogP) is 1.76. The maximum absolute atomic E-state index is 8.64. The number of hydrogen-bond donors (Lipinski definition) is 2. The minimum absolute atomic E-state index is 0.278. The largest absolute Gasteiger partial charge is 0.359 e. The highest BCUT2D eigenvalue weighted by Crippen LogP contribution is 2.00. The molecule has 1 aromatic carbocycles. The Bertz CT molecular complexity index is 443. The fraction of sp³-hybridized carbons (Fsp3) is 0.250. The summed E-state index contributed by atoms with van der Waals surface area (Å²) in [5, 5.41) is 16.1. The van der Waals surface area contributed by atoms with Crippen molar-refractivity contribution in [3.05, 3.63) is 35.4 Å². The second kappa shape index (κ2) is 6.61. The lowest BCUT2D eigenvalue weighted by Gasteiger charge is -2.09. The molecule has 0 bridgehead atoms. The number of nitrogens with one attached hydrogen (secondary N) is 2. The van der Waals surface area contributed by atoms with Crippen molar-refractivity contribution in [3.63, 3.8) is 0 Å². The third-order valence-electron chi connectivity index (χ3n) is 1.84. The number of hydrogen-bond acceptors (Lipinski definition) is 3. The van der Waals surface area contributed by atoms with Crippen LogP contribution in [-0.4, -0.2) is 17.4 Å². The Kier molecular flexibility index (Phi) is 5.11. The number of hydrazone groups is 1. The first-order valence-electron chi connectivity index (χ1n) is 5.21. The summed E-state index contributed by atoms with van der Waals surface area (Å²) in [6.07, 6.45) is 1.65. The van der Waals surface area contributed by atoms with Crippen molar-refractivity contribution in [3.8, 4) is 6.07 Å². The van der Waals surface area contributed by atoms with Crippen LogP contribution >= 0.6 is 12.2 Å². The standard InChI is InChI=1S/C12H14N4S/c1-9(2)15-12(17)16-14-8-11-5-3-10(7-13)4-6-11/h3-6,8-9H,1-2H3,(H2,15,16,17). The highest BCUT2D eigenvalue weighted by Gasteiger charge is 1.95. The van der Waals surface area contributed by atoms with Crippen LogP contribution in [0.5, 0.6) is 0 Å². The summed E-state index contributed by atoms with van der Waals surface area (Å²) in [6, 6.07) is 9.47. The molecule has 0 aliphatic heterocycles. The molecule has 2 N–H and O–H groups in total. The SMILES string of the molecule is CC(C)NC(=S)NN=Cc1ccc(C#N)cc1. The highest BCUT2D eigenvalue weighted by atomic mass is 32.1. The quantitative estimate of drug-likeness (QED) is 0.485. The van der Waals surface area contributed by atoms with E-state index in [-0.39, 0.29) is 6.04 Å². The van der Waals surface area contributed by atoms with Gasteiger partial charge in [0, 0.05) is 6.04 Å². The second-order valence-electron chi connectivity index (χ2n) is 3.73. The van der Waals surface area contributed by atoms with E-state index in [0.717, 1.165) is 5.56 Å². The summed E-state index contributed by atoms with van der Waals surface area (Å²) >= 11 is 5.01. The molecule has 0 atom stereocenters. The van der Waals surface area contributed by atoms with Crippen LogP contribution in [0.2, 0.25) is 0 Å². The Labute approximate surface area is 106 Å². The number of rotatable bonds is 3. The average Bonchev–Trinajstić information content (AvgIpc) is 2.29. The van der Waals surface area contributed by atoms with Crippen molar-refractivity contribution in [1.29, 1.82) is 5.26 Å². The Morgan fingerprint density at radius 3 is 2.59 bits per heavy atom. The fourth-order valence-corrected chi connectivity index (χ4v) is 1.39. The zero-order chi connectivity index (χ0) is 12.7. The van der Waals surface area contributed by atoms with Crippen LogP contribution in [-0.2, 0) is 0 Å². The Balaban J connectivity index is 2.48. The van der Waals surface area contributed by atoms with Crippen molar-refractivity contribution in [2.75, 3.05) is 0 Å². The van der Waals surface area contributed by atoms with Crippen molar-refractivity contribution in [2.45, 2.75) is 19.9 Å². The molecule has 0 aromatic heterocycles. The molecule has 0 unspecified atom stereocenters. The summed E-state index contributed by atoms with van der Waals surface area (Å²) in [6.45, 7) is 4.00. The molecule has 0 saturated heterocycles. The summed E-state index contributed by atoms with van der Waals surface area (Å²) in [7, 11) is 0. The van der Waals surface area contributed by atoms with Crippen molar-refractivity contribution >= 4 is 23.5 Å². The highest BCUT2D eigenvalue weighted by molar-refractivity contribution is 7.80. The maximum atomic E-state index is 8.64. The molecule has 0 radical (unpaired) electrons. The zero-order valence-electron chi connectivity index (χ0n) is 9.77. The van der Waals surface area contributed by atoms with E-state index in [1.165, 1.54) is 0 Å². The van der Waals surface area contributed by atoms with Gasteiger partial charge in [0.05, 0.1) is 17.8 Å². The molecule has 0 aliphatic carbocycles. The first-order chi connectivity index (χ1) is 8.11. The molecule has 1 rings (SSSR count). The van der Waals surface area contributed by atoms with E-state index in [0.29, 0.717) is 10.7 Å². The van der Waals surface area contributed by atoms with Crippen molar-refractivity contribution in [2.24, 2.45) is 5.10 Å². The maximum Gasteiger partial charge on any atom is 0.187 e. The van der Waals surface area contributed by atoms with Crippen LogP contribution in [0.3, 0.4) is 0 Å². The molecular weight excluding hydrogens is 232 g/mol. The summed E-state index contributed by atoms with van der Waals surface area (Å²) in [5.74, 6) is 0. The van der Waals surface area contributed by atoms with Crippen molar-refractivity contribution < 1.29 is 0 Å². The van der Waals surface area contributed by atoms with Gasteiger partial charge in [-0.1, -0.05) is 12.1 Å². The molecule has 17 heavy (non-hydrogen) atoms. The Morgan fingerprint density at radius 2 is 2.06 bits per heavy atom. The topological polar surface area (TPSA) is 60.2 Å². The van der Waals surface area contributed by atoms with Gasteiger partial charge in [-0.2, -0.15) is 10.4 Å². The van der Waals surface area contributed by atoms with Gasteiger partial charge in [-0.3, -0.25) is 5.43 Å². The van der Waals surface area contributed by atoms with Gasteiger partial charge in [0.1, 0.15) is 0 Å². The van der Waals surface area contributed by atoms with E-state index in [9.17, 15) is 0 Å².